The summed E-state index contributed by atoms with van der Waals surface area (Å²) in [6, 6.07) is 7.52. The van der Waals surface area contributed by atoms with E-state index in [2.05, 4.69) is 17.3 Å². The first-order chi connectivity index (χ1) is 9.56. The SMILES string of the molecule is Cc1nn(C)c(C)c1NC1CC(c2ccccc2F)C1. The fourth-order valence-corrected chi connectivity index (χ4v) is 2.98. The maximum absolute atomic E-state index is 13.7. The van der Waals surface area contributed by atoms with E-state index >= 15 is 0 Å². The number of nitrogens with zero attached hydrogens (tertiary/aromatic N) is 2. The zero-order chi connectivity index (χ0) is 14.3. The van der Waals surface area contributed by atoms with Gasteiger partial charge in [0.15, 0.2) is 0 Å². The van der Waals surface area contributed by atoms with Crippen LogP contribution in [0.3, 0.4) is 0 Å². The second-order valence-electron chi connectivity index (χ2n) is 5.70. The molecule has 1 aliphatic rings. The van der Waals surface area contributed by atoms with E-state index in [1.54, 1.807) is 12.1 Å². The summed E-state index contributed by atoms with van der Waals surface area (Å²) >= 11 is 0. The van der Waals surface area contributed by atoms with Crippen LogP contribution >= 0.6 is 0 Å². The number of anilines is 1. The highest BCUT2D eigenvalue weighted by Gasteiger charge is 2.32. The Bertz CT molecular complexity index is 627. The second-order valence-corrected chi connectivity index (χ2v) is 5.70. The zero-order valence-corrected chi connectivity index (χ0v) is 12.2. The van der Waals surface area contributed by atoms with Crippen LogP contribution in [-0.2, 0) is 7.05 Å². The van der Waals surface area contributed by atoms with Gasteiger partial charge in [0, 0.05) is 13.1 Å². The van der Waals surface area contributed by atoms with Crippen LogP contribution in [0.4, 0.5) is 10.1 Å². The number of aromatic nitrogens is 2. The second kappa shape index (κ2) is 4.93. The quantitative estimate of drug-likeness (QED) is 0.927. The van der Waals surface area contributed by atoms with Gasteiger partial charge >= 0.3 is 0 Å². The van der Waals surface area contributed by atoms with Crippen molar-refractivity contribution in [2.24, 2.45) is 7.05 Å². The van der Waals surface area contributed by atoms with Gasteiger partial charge in [-0.3, -0.25) is 4.68 Å². The molecule has 20 heavy (non-hydrogen) atoms. The monoisotopic (exact) mass is 273 g/mol. The van der Waals surface area contributed by atoms with E-state index in [0.29, 0.717) is 12.0 Å². The highest BCUT2D eigenvalue weighted by atomic mass is 19.1. The van der Waals surface area contributed by atoms with Crippen LogP contribution in [0.25, 0.3) is 0 Å². The van der Waals surface area contributed by atoms with Crippen molar-refractivity contribution in [2.75, 3.05) is 5.32 Å². The van der Waals surface area contributed by atoms with Crippen molar-refractivity contribution in [1.82, 2.24) is 9.78 Å². The number of aryl methyl sites for hydroxylation is 2. The molecule has 1 aromatic carbocycles. The van der Waals surface area contributed by atoms with Gasteiger partial charge in [0.1, 0.15) is 5.82 Å². The largest absolute Gasteiger partial charge is 0.379 e. The molecule has 1 aliphatic carbocycles. The Morgan fingerprint density at radius 3 is 2.55 bits per heavy atom. The molecule has 106 valence electrons. The van der Waals surface area contributed by atoms with Crippen LogP contribution in [0.15, 0.2) is 24.3 Å². The molecule has 3 rings (SSSR count). The van der Waals surface area contributed by atoms with Gasteiger partial charge < -0.3 is 5.32 Å². The Kier molecular flexibility index (Phi) is 3.24. The summed E-state index contributed by atoms with van der Waals surface area (Å²) in [6.07, 6.45) is 1.96. The molecule has 1 fully saturated rings. The topological polar surface area (TPSA) is 29.9 Å². The average Bonchev–Trinajstić information content (AvgIpc) is 2.60. The molecule has 0 saturated heterocycles. The fraction of sp³-hybridized carbons (Fsp3) is 0.438. The Morgan fingerprint density at radius 2 is 1.95 bits per heavy atom. The third-order valence-electron chi connectivity index (χ3n) is 4.34. The maximum atomic E-state index is 13.7. The summed E-state index contributed by atoms with van der Waals surface area (Å²) in [7, 11) is 1.95. The summed E-state index contributed by atoms with van der Waals surface area (Å²) in [5, 5.41) is 7.96. The highest BCUT2D eigenvalue weighted by Crippen LogP contribution is 2.40. The van der Waals surface area contributed by atoms with E-state index in [-0.39, 0.29) is 5.82 Å². The smallest absolute Gasteiger partial charge is 0.126 e. The molecule has 3 nitrogen and oxygen atoms in total. The van der Waals surface area contributed by atoms with Crippen LogP contribution < -0.4 is 5.32 Å². The molecule has 1 aromatic heterocycles. The first kappa shape index (κ1) is 13.2. The van der Waals surface area contributed by atoms with Gasteiger partial charge in [-0.1, -0.05) is 18.2 Å². The number of rotatable bonds is 3. The number of halogens is 1. The molecular formula is C16H20FN3. The predicted octanol–water partition coefficient (Wildman–Crippen LogP) is 3.53. The summed E-state index contributed by atoms with van der Waals surface area (Å²) in [5.74, 6) is 0.260. The van der Waals surface area contributed by atoms with E-state index in [4.69, 9.17) is 0 Å². The lowest BCUT2D eigenvalue weighted by molar-refractivity contribution is 0.363. The van der Waals surface area contributed by atoms with Crippen molar-refractivity contribution in [3.8, 4) is 0 Å². The molecule has 0 spiro atoms. The van der Waals surface area contributed by atoms with Crippen LogP contribution in [0.5, 0.6) is 0 Å². The minimum absolute atomic E-state index is 0.0790. The highest BCUT2D eigenvalue weighted by molar-refractivity contribution is 5.53. The van der Waals surface area contributed by atoms with E-state index < -0.39 is 0 Å². The third kappa shape index (κ3) is 2.19. The number of benzene rings is 1. The summed E-state index contributed by atoms with van der Waals surface area (Å²) in [4.78, 5) is 0. The van der Waals surface area contributed by atoms with Gasteiger partial charge in [0.2, 0.25) is 0 Å². The Hall–Kier alpha value is -1.84. The van der Waals surface area contributed by atoms with Gasteiger partial charge in [-0.05, 0) is 44.2 Å². The van der Waals surface area contributed by atoms with Crippen LogP contribution in [0.1, 0.15) is 35.7 Å². The van der Waals surface area contributed by atoms with Crippen molar-refractivity contribution in [3.05, 3.63) is 47.0 Å². The lowest BCUT2D eigenvalue weighted by Gasteiger charge is -2.37. The Morgan fingerprint density at radius 1 is 1.25 bits per heavy atom. The molecule has 0 aliphatic heterocycles. The van der Waals surface area contributed by atoms with Crippen molar-refractivity contribution >= 4 is 5.69 Å². The van der Waals surface area contributed by atoms with Crippen molar-refractivity contribution in [1.29, 1.82) is 0 Å². The van der Waals surface area contributed by atoms with Crippen LogP contribution in [0, 0.1) is 19.7 Å². The van der Waals surface area contributed by atoms with Gasteiger partial charge in [-0.25, -0.2) is 4.39 Å². The minimum Gasteiger partial charge on any atom is -0.379 e. The molecule has 4 heteroatoms. The number of nitrogens with one attached hydrogen (secondary N) is 1. The van der Waals surface area contributed by atoms with Gasteiger partial charge in [-0.15, -0.1) is 0 Å². The lowest BCUT2D eigenvalue weighted by Crippen LogP contribution is -2.34. The molecule has 1 N–H and O–H groups in total. The molecule has 0 amide bonds. The summed E-state index contributed by atoms with van der Waals surface area (Å²) in [6.45, 7) is 4.08. The molecule has 0 unspecified atom stereocenters. The van der Waals surface area contributed by atoms with Gasteiger partial charge in [-0.2, -0.15) is 5.10 Å². The lowest BCUT2D eigenvalue weighted by atomic mass is 9.75. The van der Waals surface area contributed by atoms with Crippen molar-refractivity contribution in [3.63, 3.8) is 0 Å². The van der Waals surface area contributed by atoms with Gasteiger partial charge in [0.25, 0.3) is 0 Å². The summed E-state index contributed by atoms with van der Waals surface area (Å²) in [5.41, 5.74) is 4.16. The fourth-order valence-electron chi connectivity index (χ4n) is 2.98. The Labute approximate surface area is 118 Å². The molecule has 0 radical (unpaired) electrons. The molecule has 0 bridgehead atoms. The van der Waals surface area contributed by atoms with E-state index in [1.807, 2.05) is 30.8 Å². The normalized spacial score (nSPS) is 21.6. The van der Waals surface area contributed by atoms with E-state index in [9.17, 15) is 4.39 Å². The maximum Gasteiger partial charge on any atom is 0.126 e. The number of hydrogen-bond donors (Lipinski definition) is 1. The van der Waals surface area contributed by atoms with E-state index in [1.165, 1.54) is 0 Å². The van der Waals surface area contributed by atoms with Crippen LogP contribution in [0.2, 0.25) is 0 Å². The number of hydrogen-bond acceptors (Lipinski definition) is 2. The standard InChI is InChI=1S/C16H20FN3/c1-10-16(11(2)20(3)19-10)18-13-8-12(9-13)14-6-4-5-7-15(14)17/h4-7,12-13,18H,8-9H2,1-3H3. The first-order valence-electron chi connectivity index (χ1n) is 7.07. The van der Waals surface area contributed by atoms with Crippen molar-refractivity contribution in [2.45, 2.75) is 38.6 Å². The first-order valence-corrected chi connectivity index (χ1v) is 7.07. The third-order valence-corrected chi connectivity index (χ3v) is 4.34. The average molecular weight is 273 g/mol. The van der Waals surface area contributed by atoms with Gasteiger partial charge in [0.05, 0.1) is 17.1 Å². The summed E-state index contributed by atoms with van der Waals surface area (Å²) < 4.78 is 15.6. The zero-order valence-electron chi connectivity index (χ0n) is 12.2. The predicted molar refractivity (Wildman–Crippen MR) is 78.5 cm³/mol. The minimum atomic E-state index is -0.0790. The van der Waals surface area contributed by atoms with Crippen molar-refractivity contribution < 1.29 is 4.39 Å². The van der Waals surface area contributed by atoms with Crippen LogP contribution in [-0.4, -0.2) is 15.8 Å². The molecule has 1 heterocycles. The molecular weight excluding hydrogens is 253 g/mol. The Balaban J connectivity index is 1.65. The molecule has 2 aromatic rings. The molecule has 0 atom stereocenters. The van der Waals surface area contributed by atoms with E-state index in [0.717, 1.165) is 35.5 Å². The molecule has 1 saturated carbocycles.